The number of nitrogens with one attached hydrogen (secondary N) is 1. The van der Waals surface area contributed by atoms with E-state index >= 15 is 0 Å². The Labute approximate surface area is 225 Å². The fourth-order valence-electron chi connectivity index (χ4n) is 4.37. The summed E-state index contributed by atoms with van der Waals surface area (Å²) in [5, 5.41) is 13.6. The first-order valence-corrected chi connectivity index (χ1v) is 13.2. The maximum absolute atomic E-state index is 13.0. The number of esters is 1. The molecule has 1 aliphatic heterocycles. The van der Waals surface area contributed by atoms with Gasteiger partial charge in [0, 0.05) is 29.7 Å². The molecule has 0 aliphatic carbocycles. The molecule has 1 atom stereocenters. The number of benzene rings is 1. The third-order valence-electron chi connectivity index (χ3n) is 5.79. The first-order valence-electron chi connectivity index (χ1n) is 12.8. The van der Waals surface area contributed by atoms with Crippen LogP contribution in [0.3, 0.4) is 0 Å². The van der Waals surface area contributed by atoms with E-state index in [1.165, 1.54) is 0 Å². The van der Waals surface area contributed by atoms with Crippen LogP contribution in [0.25, 0.3) is 0 Å². The highest BCUT2D eigenvalue weighted by Crippen LogP contribution is 2.34. The summed E-state index contributed by atoms with van der Waals surface area (Å²) in [5.41, 5.74) is 1.54. The molecule has 1 N–H and O–H groups in total. The summed E-state index contributed by atoms with van der Waals surface area (Å²) in [7, 11) is 0. The molecule has 2 aromatic rings. The predicted molar refractivity (Wildman–Crippen MR) is 146 cm³/mol. The number of alkyl carbamates (subject to hydrolysis) is 1. The van der Waals surface area contributed by atoms with Gasteiger partial charge in [0.1, 0.15) is 23.2 Å². The summed E-state index contributed by atoms with van der Waals surface area (Å²) in [4.78, 5) is 27.4. The highest BCUT2D eigenvalue weighted by Gasteiger charge is 2.32. The SMILES string of the molecule is CC.CCOC(=O)c1c(C)c(C#N)c(N2CCC[C@@H](NC(=O)OC(C)(C)C)C2)n1Cc1ccccc1Cl. The molecule has 1 aromatic carbocycles. The molecule has 1 fully saturated rings. The number of carbonyl (C=O) groups is 2. The highest BCUT2D eigenvalue weighted by atomic mass is 35.5. The van der Waals surface area contributed by atoms with E-state index in [2.05, 4.69) is 16.3 Å². The van der Waals surface area contributed by atoms with Gasteiger partial charge in [-0.05, 0) is 59.1 Å². The van der Waals surface area contributed by atoms with Gasteiger partial charge in [-0.1, -0.05) is 43.6 Å². The summed E-state index contributed by atoms with van der Waals surface area (Å²) < 4.78 is 12.6. The van der Waals surface area contributed by atoms with Gasteiger partial charge in [0.15, 0.2) is 0 Å². The van der Waals surface area contributed by atoms with E-state index in [1.54, 1.807) is 19.9 Å². The maximum Gasteiger partial charge on any atom is 0.407 e. The zero-order chi connectivity index (χ0) is 27.8. The second-order valence-corrected chi connectivity index (χ2v) is 10.0. The third kappa shape index (κ3) is 7.65. The lowest BCUT2D eigenvalue weighted by atomic mass is 10.0. The molecule has 9 heteroatoms. The van der Waals surface area contributed by atoms with Crippen molar-refractivity contribution in [1.29, 1.82) is 5.26 Å². The van der Waals surface area contributed by atoms with E-state index in [1.807, 2.05) is 57.4 Å². The lowest BCUT2D eigenvalue weighted by molar-refractivity contribution is 0.0495. The predicted octanol–water partition coefficient (Wildman–Crippen LogP) is 6.07. The Morgan fingerprint density at radius 2 is 1.92 bits per heavy atom. The van der Waals surface area contributed by atoms with Crippen molar-refractivity contribution in [3.63, 3.8) is 0 Å². The minimum absolute atomic E-state index is 0.167. The average Bonchev–Trinajstić information content (AvgIpc) is 3.11. The first kappa shape index (κ1) is 30.0. The van der Waals surface area contributed by atoms with Gasteiger partial charge in [0.2, 0.25) is 0 Å². The van der Waals surface area contributed by atoms with Crippen LogP contribution in [0.4, 0.5) is 10.6 Å². The number of amides is 1. The quantitative estimate of drug-likeness (QED) is 0.455. The van der Waals surface area contributed by atoms with Crippen LogP contribution in [-0.2, 0) is 16.0 Å². The molecule has 2 heterocycles. The Kier molecular flexibility index (Phi) is 10.9. The van der Waals surface area contributed by atoms with Gasteiger partial charge in [-0.2, -0.15) is 5.26 Å². The van der Waals surface area contributed by atoms with Crippen LogP contribution in [0.15, 0.2) is 24.3 Å². The molecule has 1 aliphatic rings. The van der Waals surface area contributed by atoms with Crippen LogP contribution in [-0.4, -0.2) is 48.0 Å². The van der Waals surface area contributed by atoms with Crippen molar-refractivity contribution in [2.45, 2.75) is 79.5 Å². The standard InChI is InChI=1S/C26H33ClN4O4.C2H6/c1-6-34-24(32)22-17(2)20(14-28)23(31(22)15-18-10-7-8-12-21(18)27)30-13-9-11-19(16-30)29-25(33)35-26(3,4)5;1-2/h7-8,10,12,19H,6,9,11,13,15-16H2,1-5H3,(H,29,33);1-2H3/t19-;/m1./s1. The number of nitriles is 1. The van der Waals surface area contributed by atoms with Crippen molar-refractivity contribution >= 4 is 29.5 Å². The summed E-state index contributed by atoms with van der Waals surface area (Å²) in [6.45, 7) is 14.6. The van der Waals surface area contributed by atoms with Gasteiger partial charge >= 0.3 is 12.1 Å². The van der Waals surface area contributed by atoms with E-state index < -0.39 is 17.7 Å². The van der Waals surface area contributed by atoms with Crippen LogP contribution in [0, 0.1) is 18.3 Å². The summed E-state index contributed by atoms with van der Waals surface area (Å²) in [6, 6.07) is 9.54. The molecule has 0 radical (unpaired) electrons. The van der Waals surface area contributed by atoms with Gasteiger partial charge in [-0.15, -0.1) is 0 Å². The first-order chi connectivity index (χ1) is 17.6. The molecule has 0 spiro atoms. The second-order valence-electron chi connectivity index (χ2n) is 9.61. The van der Waals surface area contributed by atoms with E-state index in [9.17, 15) is 14.9 Å². The van der Waals surface area contributed by atoms with Gasteiger partial charge in [-0.3, -0.25) is 0 Å². The normalized spacial score (nSPS) is 15.2. The Morgan fingerprint density at radius 1 is 1.24 bits per heavy atom. The van der Waals surface area contributed by atoms with Gasteiger partial charge in [0.25, 0.3) is 0 Å². The molecule has 202 valence electrons. The Balaban J connectivity index is 0.00000235. The fourth-order valence-corrected chi connectivity index (χ4v) is 4.56. The van der Waals surface area contributed by atoms with Crippen LogP contribution >= 0.6 is 11.6 Å². The number of hydrogen-bond acceptors (Lipinski definition) is 6. The van der Waals surface area contributed by atoms with Gasteiger partial charge in [0.05, 0.1) is 18.7 Å². The zero-order valence-corrected chi connectivity index (χ0v) is 23.7. The van der Waals surface area contributed by atoms with Gasteiger partial charge < -0.3 is 24.3 Å². The zero-order valence-electron chi connectivity index (χ0n) is 23.0. The van der Waals surface area contributed by atoms with Crippen LogP contribution < -0.4 is 10.2 Å². The molecular weight excluding hydrogens is 492 g/mol. The summed E-state index contributed by atoms with van der Waals surface area (Å²) in [5.74, 6) is 0.143. The smallest absolute Gasteiger partial charge is 0.407 e. The Hall–Kier alpha value is -3.18. The van der Waals surface area contributed by atoms with Crippen LogP contribution in [0.1, 0.15) is 81.6 Å². The molecular formula is C28H39ClN4O4. The highest BCUT2D eigenvalue weighted by molar-refractivity contribution is 6.31. The summed E-state index contributed by atoms with van der Waals surface area (Å²) >= 11 is 6.45. The molecule has 1 aromatic heterocycles. The van der Waals surface area contributed by atoms with Crippen molar-refractivity contribution < 1.29 is 19.1 Å². The van der Waals surface area contributed by atoms with Crippen molar-refractivity contribution in [2.75, 3.05) is 24.6 Å². The van der Waals surface area contributed by atoms with Crippen LogP contribution in [0.5, 0.6) is 0 Å². The number of anilines is 1. The van der Waals surface area contributed by atoms with Crippen LogP contribution in [0.2, 0.25) is 5.02 Å². The minimum Gasteiger partial charge on any atom is -0.461 e. The van der Waals surface area contributed by atoms with E-state index in [0.29, 0.717) is 47.3 Å². The molecule has 8 nitrogen and oxygen atoms in total. The number of carbonyl (C=O) groups excluding carboxylic acids is 2. The van der Waals surface area contributed by atoms with Crippen molar-refractivity contribution in [3.8, 4) is 6.07 Å². The van der Waals surface area contributed by atoms with E-state index in [0.717, 1.165) is 18.4 Å². The van der Waals surface area contributed by atoms with Crippen molar-refractivity contribution in [3.05, 3.63) is 51.7 Å². The van der Waals surface area contributed by atoms with Gasteiger partial charge in [-0.25, -0.2) is 9.59 Å². The Bertz CT molecular complexity index is 1130. The molecule has 1 amide bonds. The van der Waals surface area contributed by atoms with Crippen molar-refractivity contribution in [2.24, 2.45) is 0 Å². The Morgan fingerprint density at radius 3 is 2.51 bits per heavy atom. The third-order valence-corrected chi connectivity index (χ3v) is 6.16. The fraction of sp³-hybridized carbons (Fsp3) is 0.536. The topological polar surface area (TPSA) is 96.6 Å². The lowest BCUT2D eigenvalue weighted by Gasteiger charge is -2.36. The van der Waals surface area contributed by atoms with E-state index in [4.69, 9.17) is 21.1 Å². The number of ether oxygens (including phenoxy) is 2. The number of aromatic nitrogens is 1. The molecule has 3 rings (SSSR count). The van der Waals surface area contributed by atoms with Crippen molar-refractivity contribution in [1.82, 2.24) is 9.88 Å². The number of rotatable bonds is 6. The van der Waals surface area contributed by atoms with E-state index in [-0.39, 0.29) is 12.6 Å². The second kappa shape index (κ2) is 13.4. The average molecular weight is 531 g/mol. The number of halogens is 1. The minimum atomic E-state index is -0.596. The monoisotopic (exact) mass is 530 g/mol. The summed E-state index contributed by atoms with van der Waals surface area (Å²) in [6.07, 6.45) is 1.11. The number of piperidine rings is 1. The largest absolute Gasteiger partial charge is 0.461 e. The molecule has 0 saturated carbocycles. The number of hydrogen-bond donors (Lipinski definition) is 1. The molecule has 0 unspecified atom stereocenters. The molecule has 1 saturated heterocycles. The maximum atomic E-state index is 13.0. The number of nitrogens with zero attached hydrogens (tertiary/aromatic N) is 3. The lowest BCUT2D eigenvalue weighted by Crippen LogP contribution is -2.49. The molecule has 37 heavy (non-hydrogen) atoms. The molecule has 0 bridgehead atoms.